The van der Waals surface area contributed by atoms with Crippen molar-refractivity contribution < 1.29 is 13.5 Å². The van der Waals surface area contributed by atoms with Gasteiger partial charge in [0.2, 0.25) is 10.0 Å². The summed E-state index contributed by atoms with van der Waals surface area (Å²) in [6, 6.07) is 14.3. The first-order valence-electron chi connectivity index (χ1n) is 9.59. The SMILES string of the molecule is CC(C)CN(C(O)(CCN)Cc1ccccc1)S(=O)(=O)c1ccc2ncsc2c1.Cl. The van der Waals surface area contributed by atoms with Crippen LogP contribution in [0.15, 0.2) is 58.9 Å². The van der Waals surface area contributed by atoms with Crippen molar-refractivity contribution in [2.45, 2.75) is 37.3 Å². The third-order valence-electron chi connectivity index (χ3n) is 4.76. The normalized spacial score (nSPS) is 14.1. The van der Waals surface area contributed by atoms with Gasteiger partial charge in [0.05, 0.1) is 20.6 Å². The zero-order valence-electron chi connectivity index (χ0n) is 17.1. The average molecular weight is 470 g/mol. The highest BCUT2D eigenvalue weighted by Crippen LogP contribution is 2.31. The zero-order valence-corrected chi connectivity index (χ0v) is 19.5. The van der Waals surface area contributed by atoms with E-state index in [1.165, 1.54) is 15.6 Å². The second-order valence-electron chi connectivity index (χ2n) is 7.60. The molecule has 0 radical (unpaired) electrons. The summed E-state index contributed by atoms with van der Waals surface area (Å²) in [5, 5.41) is 11.6. The van der Waals surface area contributed by atoms with Gasteiger partial charge in [-0.1, -0.05) is 44.2 Å². The Labute approximate surface area is 188 Å². The molecule has 0 aliphatic carbocycles. The second kappa shape index (κ2) is 10.2. The Bertz CT molecular complexity index is 1060. The summed E-state index contributed by atoms with van der Waals surface area (Å²) in [4.78, 5) is 4.36. The minimum atomic E-state index is -3.96. The van der Waals surface area contributed by atoms with E-state index in [9.17, 15) is 13.5 Å². The van der Waals surface area contributed by atoms with E-state index in [0.29, 0.717) is 0 Å². The molecule has 3 rings (SSSR count). The Morgan fingerprint density at radius 2 is 1.90 bits per heavy atom. The van der Waals surface area contributed by atoms with Gasteiger partial charge in [-0.25, -0.2) is 13.4 Å². The van der Waals surface area contributed by atoms with E-state index in [0.717, 1.165) is 15.8 Å². The predicted octanol–water partition coefficient (Wildman–Crippen LogP) is 3.64. The molecule has 0 amide bonds. The minimum Gasteiger partial charge on any atom is -0.374 e. The first-order chi connectivity index (χ1) is 13.8. The Kier molecular flexibility index (Phi) is 8.38. The van der Waals surface area contributed by atoms with Crippen LogP contribution >= 0.6 is 23.7 Å². The number of hydrogen-bond donors (Lipinski definition) is 2. The van der Waals surface area contributed by atoms with Crippen LogP contribution in [0.25, 0.3) is 10.2 Å². The minimum absolute atomic E-state index is 0. The third kappa shape index (κ3) is 5.38. The Morgan fingerprint density at radius 1 is 1.20 bits per heavy atom. The number of thiazole rings is 1. The van der Waals surface area contributed by atoms with Gasteiger partial charge < -0.3 is 10.8 Å². The molecule has 30 heavy (non-hydrogen) atoms. The summed E-state index contributed by atoms with van der Waals surface area (Å²) in [6.45, 7) is 4.22. The zero-order chi connectivity index (χ0) is 21.1. The molecule has 0 saturated carbocycles. The number of sulfonamides is 1. The van der Waals surface area contributed by atoms with Gasteiger partial charge in [0.25, 0.3) is 0 Å². The number of nitrogens with zero attached hydrogens (tertiary/aromatic N) is 2. The second-order valence-corrected chi connectivity index (χ2v) is 10.3. The van der Waals surface area contributed by atoms with E-state index in [4.69, 9.17) is 5.73 Å². The molecule has 3 N–H and O–H groups in total. The third-order valence-corrected chi connectivity index (χ3v) is 7.47. The highest BCUT2D eigenvalue weighted by molar-refractivity contribution is 7.89. The molecule has 0 saturated heterocycles. The lowest BCUT2D eigenvalue weighted by atomic mass is 9.98. The number of fused-ring (bicyclic) bond motifs is 1. The van der Waals surface area contributed by atoms with Crippen LogP contribution in [0.1, 0.15) is 25.8 Å². The van der Waals surface area contributed by atoms with Crippen LogP contribution < -0.4 is 5.73 Å². The van der Waals surface area contributed by atoms with Crippen molar-refractivity contribution in [2.75, 3.05) is 13.1 Å². The Balaban J connectivity index is 0.00000320. The van der Waals surface area contributed by atoms with Gasteiger partial charge in [-0.2, -0.15) is 4.31 Å². The summed E-state index contributed by atoms with van der Waals surface area (Å²) >= 11 is 1.39. The molecule has 1 aromatic heterocycles. The molecule has 0 bridgehead atoms. The molecule has 1 unspecified atom stereocenters. The molecule has 0 aliphatic rings. The average Bonchev–Trinajstić information content (AvgIpc) is 3.14. The molecule has 164 valence electrons. The highest BCUT2D eigenvalue weighted by atomic mass is 35.5. The maximum Gasteiger partial charge on any atom is 0.245 e. The fraction of sp³-hybridized carbons (Fsp3) is 0.381. The highest BCUT2D eigenvalue weighted by Gasteiger charge is 2.42. The lowest BCUT2D eigenvalue weighted by Crippen LogP contribution is -2.55. The number of benzene rings is 2. The molecule has 6 nitrogen and oxygen atoms in total. The number of aliphatic hydroxyl groups is 1. The monoisotopic (exact) mass is 469 g/mol. The van der Waals surface area contributed by atoms with E-state index in [1.807, 2.05) is 44.2 Å². The molecule has 0 aliphatic heterocycles. The maximum atomic E-state index is 13.7. The van der Waals surface area contributed by atoms with Crippen LogP contribution in [0.3, 0.4) is 0 Å². The first-order valence-corrected chi connectivity index (χ1v) is 11.9. The van der Waals surface area contributed by atoms with Crippen LogP contribution in [0.2, 0.25) is 0 Å². The maximum absolute atomic E-state index is 13.7. The smallest absolute Gasteiger partial charge is 0.245 e. The van der Waals surface area contributed by atoms with Gasteiger partial charge >= 0.3 is 0 Å². The Hall–Kier alpha value is -1.55. The van der Waals surface area contributed by atoms with E-state index in [2.05, 4.69) is 4.98 Å². The largest absolute Gasteiger partial charge is 0.374 e. The summed E-state index contributed by atoms with van der Waals surface area (Å²) in [5.41, 5.74) is 7.46. The molecule has 3 aromatic rings. The standard InChI is InChI=1S/C21H27N3O3S2.ClH/c1-16(2)14-24(21(25,10-11-22)13-17-6-4-3-5-7-17)29(26,27)18-8-9-19-20(12-18)28-15-23-19;/h3-9,12,15-16,25H,10-11,13-14,22H2,1-2H3;1H. The topological polar surface area (TPSA) is 96.5 Å². The first kappa shape index (κ1) is 24.7. The van der Waals surface area contributed by atoms with Gasteiger partial charge in [0.1, 0.15) is 5.72 Å². The lowest BCUT2D eigenvalue weighted by Gasteiger charge is -2.40. The number of nitrogens with two attached hydrogens (primary N) is 1. The summed E-state index contributed by atoms with van der Waals surface area (Å²) < 4.78 is 29.3. The van der Waals surface area contributed by atoms with E-state index >= 15 is 0 Å². The van der Waals surface area contributed by atoms with Gasteiger partial charge in [-0.15, -0.1) is 23.7 Å². The molecular weight excluding hydrogens is 442 g/mol. The number of halogens is 1. The molecular formula is C21H28ClN3O3S2. The molecule has 0 fully saturated rings. The van der Waals surface area contributed by atoms with Gasteiger partial charge in [-0.05, 0) is 36.2 Å². The molecule has 9 heteroatoms. The fourth-order valence-electron chi connectivity index (χ4n) is 3.40. The van der Waals surface area contributed by atoms with Crippen molar-refractivity contribution in [3.05, 3.63) is 59.6 Å². The summed E-state index contributed by atoms with van der Waals surface area (Å²) in [5.74, 6) is 0.0250. The fourth-order valence-corrected chi connectivity index (χ4v) is 6.05. The van der Waals surface area contributed by atoms with Gasteiger partial charge in [0, 0.05) is 19.4 Å². The van der Waals surface area contributed by atoms with Crippen molar-refractivity contribution in [3.8, 4) is 0 Å². The van der Waals surface area contributed by atoms with Crippen molar-refractivity contribution in [1.82, 2.24) is 9.29 Å². The van der Waals surface area contributed by atoms with Gasteiger partial charge in [-0.3, -0.25) is 0 Å². The molecule has 0 spiro atoms. The molecule has 2 aromatic carbocycles. The van der Waals surface area contributed by atoms with Crippen LogP contribution in [-0.2, 0) is 16.4 Å². The molecule has 1 atom stereocenters. The van der Waals surface area contributed by atoms with Crippen LogP contribution in [0.5, 0.6) is 0 Å². The predicted molar refractivity (Wildman–Crippen MR) is 124 cm³/mol. The molecule has 1 heterocycles. The van der Waals surface area contributed by atoms with Crippen molar-refractivity contribution >= 4 is 44.0 Å². The van der Waals surface area contributed by atoms with Crippen LogP contribution in [-0.4, -0.2) is 41.6 Å². The van der Waals surface area contributed by atoms with Crippen molar-refractivity contribution in [1.29, 1.82) is 0 Å². The summed E-state index contributed by atoms with van der Waals surface area (Å²) in [7, 11) is -3.96. The van der Waals surface area contributed by atoms with E-state index in [-0.39, 0.29) is 49.2 Å². The quantitative estimate of drug-likeness (QED) is 0.466. The van der Waals surface area contributed by atoms with Crippen molar-refractivity contribution in [2.24, 2.45) is 11.7 Å². The summed E-state index contributed by atoms with van der Waals surface area (Å²) in [6.07, 6.45) is 0.302. The van der Waals surface area contributed by atoms with Crippen LogP contribution in [0, 0.1) is 5.92 Å². The van der Waals surface area contributed by atoms with E-state index in [1.54, 1.807) is 23.7 Å². The van der Waals surface area contributed by atoms with Crippen LogP contribution in [0.4, 0.5) is 0 Å². The number of hydrogen-bond acceptors (Lipinski definition) is 6. The lowest BCUT2D eigenvalue weighted by molar-refractivity contribution is -0.0690. The number of aromatic nitrogens is 1. The van der Waals surface area contributed by atoms with Crippen molar-refractivity contribution in [3.63, 3.8) is 0 Å². The van der Waals surface area contributed by atoms with Gasteiger partial charge in [0.15, 0.2) is 0 Å². The Morgan fingerprint density at radius 3 is 2.53 bits per heavy atom. The van der Waals surface area contributed by atoms with E-state index < -0.39 is 15.7 Å². The number of rotatable bonds is 9.